The lowest BCUT2D eigenvalue weighted by atomic mass is 9.98. The van der Waals surface area contributed by atoms with Crippen LogP contribution in [0.25, 0.3) is 0 Å². The third kappa shape index (κ3) is 3.56. The van der Waals surface area contributed by atoms with E-state index in [1.807, 2.05) is 12.1 Å². The van der Waals surface area contributed by atoms with Crippen molar-refractivity contribution in [2.45, 2.75) is 17.9 Å². The Balaban J connectivity index is 2.33. The van der Waals surface area contributed by atoms with E-state index in [1.54, 1.807) is 18.9 Å². The number of rotatable bonds is 6. The van der Waals surface area contributed by atoms with Crippen molar-refractivity contribution in [3.05, 3.63) is 59.7 Å². The van der Waals surface area contributed by atoms with Gasteiger partial charge in [0.05, 0.1) is 13.2 Å². The van der Waals surface area contributed by atoms with Crippen LogP contribution in [0.1, 0.15) is 24.1 Å². The molecular weight excluding hydrogens is 266 g/mol. The van der Waals surface area contributed by atoms with Crippen LogP contribution in [0.5, 0.6) is 5.75 Å². The Bertz CT molecular complexity index is 539. The second-order valence-electron chi connectivity index (χ2n) is 4.54. The second kappa shape index (κ2) is 7.36. The van der Waals surface area contributed by atoms with Gasteiger partial charge in [0.2, 0.25) is 0 Å². The molecule has 0 heterocycles. The minimum absolute atomic E-state index is 0.200. The molecule has 0 saturated heterocycles. The molecule has 2 aromatic carbocycles. The van der Waals surface area contributed by atoms with Crippen LogP contribution < -0.4 is 10.1 Å². The van der Waals surface area contributed by atoms with Crippen LogP contribution in [0.15, 0.2) is 53.4 Å². The first-order valence-corrected chi connectivity index (χ1v) is 8.02. The SMILES string of the molecule is CCNC(c1ccc(SC)cc1)c1cccc(OC)c1. The van der Waals surface area contributed by atoms with E-state index >= 15 is 0 Å². The lowest BCUT2D eigenvalue weighted by Crippen LogP contribution is -2.21. The fourth-order valence-electron chi connectivity index (χ4n) is 2.25. The molecule has 0 bridgehead atoms. The molecule has 0 aliphatic heterocycles. The maximum absolute atomic E-state index is 5.32. The molecule has 2 aromatic rings. The summed E-state index contributed by atoms with van der Waals surface area (Å²) in [4.78, 5) is 1.29. The van der Waals surface area contributed by atoms with Crippen molar-refractivity contribution in [1.29, 1.82) is 0 Å². The fourth-order valence-corrected chi connectivity index (χ4v) is 2.66. The van der Waals surface area contributed by atoms with Crippen LogP contribution in [0.3, 0.4) is 0 Å². The summed E-state index contributed by atoms with van der Waals surface area (Å²) in [6.07, 6.45) is 2.10. The largest absolute Gasteiger partial charge is 0.497 e. The highest BCUT2D eigenvalue weighted by Crippen LogP contribution is 2.26. The minimum Gasteiger partial charge on any atom is -0.497 e. The molecule has 0 spiro atoms. The van der Waals surface area contributed by atoms with E-state index in [9.17, 15) is 0 Å². The van der Waals surface area contributed by atoms with Gasteiger partial charge in [-0.2, -0.15) is 0 Å². The number of methoxy groups -OCH3 is 1. The molecule has 2 rings (SSSR count). The molecule has 0 aliphatic carbocycles. The van der Waals surface area contributed by atoms with Crippen LogP contribution in [-0.4, -0.2) is 19.9 Å². The topological polar surface area (TPSA) is 21.3 Å². The molecular formula is C17H21NOS. The predicted octanol–water partition coefficient (Wildman–Crippen LogP) is 4.12. The van der Waals surface area contributed by atoms with Crippen molar-refractivity contribution < 1.29 is 4.74 Å². The van der Waals surface area contributed by atoms with E-state index in [2.05, 4.69) is 54.9 Å². The first-order chi connectivity index (χ1) is 9.78. The van der Waals surface area contributed by atoms with Crippen molar-refractivity contribution in [2.75, 3.05) is 19.9 Å². The number of thioether (sulfide) groups is 1. The third-order valence-electron chi connectivity index (χ3n) is 3.28. The molecule has 3 heteroatoms. The molecule has 0 fully saturated rings. The van der Waals surface area contributed by atoms with Gasteiger partial charge in [-0.3, -0.25) is 0 Å². The third-order valence-corrected chi connectivity index (χ3v) is 4.03. The second-order valence-corrected chi connectivity index (χ2v) is 5.42. The summed E-state index contributed by atoms with van der Waals surface area (Å²) in [6.45, 7) is 3.05. The van der Waals surface area contributed by atoms with Crippen molar-refractivity contribution in [2.24, 2.45) is 0 Å². The Morgan fingerprint density at radius 3 is 2.45 bits per heavy atom. The zero-order chi connectivity index (χ0) is 14.4. The first-order valence-electron chi connectivity index (χ1n) is 6.79. The van der Waals surface area contributed by atoms with Gasteiger partial charge in [0.15, 0.2) is 0 Å². The van der Waals surface area contributed by atoms with Gasteiger partial charge < -0.3 is 10.1 Å². The van der Waals surface area contributed by atoms with E-state index in [-0.39, 0.29) is 6.04 Å². The number of hydrogen-bond donors (Lipinski definition) is 1. The molecule has 2 nitrogen and oxygen atoms in total. The molecule has 20 heavy (non-hydrogen) atoms. The summed E-state index contributed by atoms with van der Waals surface area (Å²) in [5, 5.41) is 3.54. The van der Waals surface area contributed by atoms with Crippen LogP contribution in [0.4, 0.5) is 0 Å². The van der Waals surface area contributed by atoms with Crippen molar-refractivity contribution in [3.8, 4) is 5.75 Å². The summed E-state index contributed by atoms with van der Waals surface area (Å²) < 4.78 is 5.32. The van der Waals surface area contributed by atoms with Gasteiger partial charge in [-0.25, -0.2) is 0 Å². The van der Waals surface area contributed by atoms with Gasteiger partial charge in [-0.05, 0) is 48.2 Å². The fraction of sp³-hybridized carbons (Fsp3) is 0.294. The molecule has 1 atom stereocenters. The summed E-state index contributed by atoms with van der Waals surface area (Å²) >= 11 is 1.76. The van der Waals surface area contributed by atoms with E-state index < -0.39 is 0 Å². The molecule has 1 unspecified atom stereocenters. The van der Waals surface area contributed by atoms with Gasteiger partial charge in [0, 0.05) is 4.90 Å². The summed E-state index contributed by atoms with van der Waals surface area (Å²) in [7, 11) is 1.70. The number of benzene rings is 2. The highest BCUT2D eigenvalue weighted by Gasteiger charge is 2.13. The number of hydrogen-bond acceptors (Lipinski definition) is 3. The molecule has 0 aromatic heterocycles. The van der Waals surface area contributed by atoms with E-state index in [0.29, 0.717) is 0 Å². The van der Waals surface area contributed by atoms with Gasteiger partial charge in [-0.1, -0.05) is 31.2 Å². The maximum atomic E-state index is 5.32. The van der Waals surface area contributed by atoms with E-state index in [0.717, 1.165) is 12.3 Å². The first kappa shape index (κ1) is 14.9. The van der Waals surface area contributed by atoms with Gasteiger partial charge in [0.25, 0.3) is 0 Å². The average Bonchev–Trinajstić information content (AvgIpc) is 2.53. The van der Waals surface area contributed by atoms with Gasteiger partial charge >= 0.3 is 0 Å². The quantitative estimate of drug-likeness (QED) is 0.808. The predicted molar refractivity (Wildman–Crippen MR) is 86.7 cm³/mol. The molecule has 0 radical (unpaired) electrons. The zero-order valence-electron chi connectivity index (χ0n) is 12.2. The van der Waals surface area contributed by atoms with Gasteiger partial charge in [-0.15, -0.1) is 11.8 Å². The number of ether oxygens (including phenoxy) is 1. The van der Waals surface area contributed by atoms with Crippen molar-refractivity contribution in [1.82, 2.24) is 5.32 Å². The maximum Gasteiger partial charge on any atom is 0.119 e. The molecule has 106 valence electrons. The highest BCUT2D eigenvalue weighted by molar-refractivity contribution is 7.98. The van der Waals surface area contributed by atoms with E-state index in [1.165, 1.54) is 16.0 Å². The molecule has 0 saturated carbocycles. The summed E-state index contributed by atoms with van der Waals surface area (Å²) in [5.74, 6) is 0.895. The van der Waals surface area contributed by atoms with Crippen molar-refractivity contribution in [3.63, 3.8) is 0 Å². The van der Waals surface area contributed by atoms with E-state index in [4.69, 9.17) is 4.74 Å². The summed E-state index contributed by atoms with van der Waals surface area (Å²) in [5.41, 5.74) is 2.50. The Morgan fingerprint density at radius 2 is 1.85 bits per heavy atom. The molecule has 0 aliphatic rings. The Kier molecular flexibility index (Phi) is 5.50. The Morgan fingerprint density at radius 1 is 1.10 bits per heavy atom. The average molecular weight is 287 g/mol. The normalized spacial score (nSPS) is 12.2. The standard InChI is InChI=1S/C17H21NOS/c1-4-18-17(13-8-10-16(20-3)11-9-13)14-6-5-7-15(12-14)19-2/h5-12,17-18H,4H2,1-3H3. The molecule has 1 N–H and O–H groups in total. The van der Waals surface area contributed by atoms with Gasteiger partial charge in [0.1, 0.15) is 5.75 Å². The monoisotopic (exact) mass is 287 g/mol. The Labute approximate surface area is 125 Å². The van der Waals surface area contributed by atoms with Crippen molar-refractivity contribution >= 4 is 11.8 Å². The van der Waals surface area contributed by atoms with Crippen LogP contribution >= 0.6 is 11.8 Å². The van der Waals surface area contributed by atoms with Crippen LogP contribution in [0, 0.1) is 0 Å². The van der Waals surface area contributed by atoms with Crippen LogP contribution in [0.2, 0.25) is 0 Å². The lowest BCUT2D eigenvalue weighted by molar-refractivity contribution is 0.413. The smallest absolute Gasteiger partial charge is 0.119 e. The van der Waals surface area contributed by atoms with Crippen LogP contribution in [-0.2, 0) is 0 Å². The number of nitrogens with one attached hydrogen (secondary N) is 1. The lowest BCUT2D eigenvalue weighted by Gasteiger charge is -2.20. The minimum atomic E-state index is 0.200. The highest BCUT2D eigenvalue weighted by atomic mass is 32.2. The molecule has 0 amide bonds. The zero-order valence-corrected chi connectivity index (χ0v) is 13.0. The Hall–Kier alpha value is -1.45. The summed E-state index contributed by atoms with van der Waals surface area (Å²) in [6, 6.07) is 17.2.